The van der Waals surface area contributed by atoms with Gasteiger partial charge in [0.15, 0.2) is 6.10 Å². The van der Waals surface area contributed by atoms with E-state index >= 15 is 0 Å². The number of nitrogens with zero attached hydrogens (tertiary/aromatic N) is 1. The minimum absolute atomic E-state index is 0.186. The number of amides is 3. The number of piperidine rings is 1. The number of anilines is 1. The summed E-state index contributed by atoms with van der Waals surface area (Å²) < 4.78 is 5.21. The predicted molar refractivity (Wildman–Crippen MR) is 94.0 cm³/mol. The highest BCUT2D eigenvalue weighted by molar-refractivity contribution is 5.93. The van der Waals surface area contributed by atoms with Crippen LogP contribution in [0.2, 0.25) is 0 Å². The SMILES string of the molecule is C[C@H](NC(=O)Nc1ccccc1)C(=O)O[C@@H](C)C(=O)N1CCCCC1. The number of hydrogen-bond acceptors (Lipinski definition) is 4. The zero-order valence-electron chi connectivity index (χ0n) is 14.7. The second kappa shape index (κ2) is 9.05. The Labute approximate surface area is 147 Å². The van der Waals surface area contributed by atoms with Crippen LogP contribution in [0.5, 0.6) is 0 Å². The summed E-state index contributed by atoms with van der Waals surface area (Å²) in [5.74, 6) is -0.824. The Morgan fingerprint density at radius 1 is 1.04 bits per heavy atom. The Bertz CT molecular complexity index is 600. The molecule has 1 aromatic rings. The lowest BCUT2D eigenvalue weighted by atomic mass is 10.1. The molecule has 1 aromatic carbocycles. The van der Waals surface area contributed by atoms with E-state index in [1.807, 2.05) is 6.07 Å². The van der Waals surface area contributed by atoms with Crippen LogP contribution in [-0.2, 0) is 14.3 Å². The molecule has 0 aliphatic carbocycles. The third-order valence-corrected chi connectivity index (χ3v) is 4.04. The number of likely N-dealkylation sites (tertiary alicyclic amines) is 1. The van der Waals surface area contributed by atoms with Crippen molar-refractivity contribution in [2.75, 3.05) is 18.4 Å². The topological polar surface area (TPSA) is 87.7 Å². The molecule has 1 aliphatic heterocycles. The summed E-state index contributed by atoms with van der Waals surface area (Å²) in [6, 6.07) is 7.53. The monoisotopic (exact) mass is 347 g/mol. The largest absolute Gasteiger partial charge is 0.451 e. The molecule has 7 heteroatoms. The Morgan fingerprint density at radius 2 is 1.68 bits per heavy atom. The molecule has 2 rings (SSSR count). The van der Waals surface area contributed by atoms with E-state index in [1.54, 1.807) is 36.1 Å². The number of esters is 1. The average Bonchev–Trinajstić information content (AvgIpc) is 2.62. The number of urea groups is 1. The first-order valence-corrected chi connectivity index (χ1v) is 8.59. The van der Waals surface area contributed by atoms with E-state index in [0.29, 0.717) is 18.8 Å². The molecule has 136 valence electrons. The predicted octanol–water partition coefficient (Wildman–Crippen LogP) is 2.14. The van der Waals surface area contributed by atoms with Gasteiger partial charge in [0, 0.05) is 18.8 Å². The molecule has 1 saturated heterocycles. The highest BCUT2D eigenvalue weighted by atomic mass is 16.5. The fraction of sp³-hybridized carbons (Fsp3) is 0.500. The van der Waals surface area contributed by atoms with Crippen molar-refractivity contribution >= 4 is 23.6 Å². The Morgan fingerprint density at radius 3 is 2.32 bits per heavy atom. The van der Waals surface area contributed by atoms with Gasteiger partial charge in [-0.15, -0.1) is 0 Å². The maximum Gasteiger partial charge on any atom is 0.329 e. The molecule has 25 heavy (non-hydrogen) atoms. The second-order valence-corrected chi connectivity index (χ2v) is 6.15. The van der Waals surface area contributed by atoms with Gasteiger partial charge in [0.25, 0.3) is 5.91 Å². The van der Waals surface area contributed by atoms with Crippen LogP contribution in [0.1, 0.15) is 33.1 Å². The zero-order valence-corrected chi connectivity index (χ0v) is 14.7. The van der Waals surface area contributed by atoms with E-state index in [9.17, 15) is 14.4 Å². The molecular formula is C18H25N3O4. The van der Waals surface area contributed by atoms with Crippen molar-refractivity contribution in [3.8, 4) is 0 Å². The van der Waals surface area contributed by atoms with Crippen LogP contribution in [0, 0.1) is 0 Å². The molecule has 0 radical (unpaired) electrons. The summed E-state index contributed by atoms with van der Waals surface area (Å²) in [6.45, 7) is 4.48. The zero-order chi connectivity index (χ0) is 18.2. The van der Waals surface area contributed by atoms with Gasteiger partial charge in [0.1, 0.15) is 6.04 Å². The Kier molecular flexibility index (Phi) is 6.80. The van der Waals surface area contributed by atoms with Crippen LogP contribution < -0.4 is 10.6 Å². The van der Waals surface area contributed by atoms with Crippen molar-refractivity contribution in [2.45, 2.75) is 45.3 Å². The number of ether oxygens (including phenoxy) is 1. The standard InChI is InChI=1S/C18H25N3O4/c1-13(19-18(24)20-15-9-5-3-6-10-15)17(23)25-14(2)16(22)21-11-7-4-8-12-21/h3,5-6,9-10,13-14H,4,7-8,11-12H2,1-2H3,(H2,19,20,24)/t13-,14-/m0/s1. The minimum Gasteiger partial charge on any atom is -0.451 e. The van der Waals surface area contributed by atoms with Gasteiger partial charge in [-0.3, -0.25) is 4.79 Å². The van der Waals surface area contributed by atoms with E-state index in [1.165, 1.54) is 6.92 Å². The molecule has 0 bridgehead atoms. The van der Waals surface area contributed by atoms with Gasteiger partial charge in [-0.1, -0.05) is 18.2 Å². The van der Waals surface area contributed by atoms with Crippen LogP contribution >= 0.6 is 0 Å². The number of para-hydroxylation sites is 1. The van der Waals surface area contributed by atoms with Gasteiger partial charge >= 0.3 is 12.0 Å². The summed E-state index contributed by atoms with van der Waals surface area (Å²) in [7, 11) is 0. The maximum absolute atomic E-state index is 12.3. The van der Waals surface area contributed by atoms with Gasteiger partial charge < -0.3 is 20.3 Å². The fourth-order valence-electron chi connectivity index (χ4n) is 2.64. The van der Waals surface area contributed by atoms with Crippen LogP contribution in [0.4, 0.5) is 10.5 Å². The Balaban J connectivity index is 1.78. The van der Waals surface area contributed by atoms with Crippen molar-refractivity contribution < 1.29 is 19.1 Å². The van der Waals surface area contributed by atoms with Crippen molar-refractivity contribution in [3.63, 3.8) is 0 Å². The number of benzene rings is 1. The van der Waals surface area contributed by atoms with Crippen molar-refractivity contribution in [1.29, 1.82) is 0 Å². The summed E-state index contributed by atoms with van der Waals surface area (Å²) in [5, 5.41) is 5.12. The minimum atomic E-state index is -0.861. The summed E-state index contributed by atoms with van der Waals surface area (Å²) in [6.07, 6.45) is 2.22. The van der Waals surface area contributed by atoms with E-state index in [2.05, 4.69) is 10.6 Å². The van der Waals surface area contributed by atoms with E-state index in [0.717, 1.165) is 19.3 Å². The van der Waals surface area contributed by atoms with Crippen molar-refractivity contribution in [2.24, 2.45) is 0 Å². The maximum atomic E-state index is 12.3. The summed E-state index contributed by atoms with van der Waals surface area (Å²) in [5.41, 5.74) is 0.620. The van der Waals surface area contributed by atoms with Gasteiger partial charge in [-0.2, -0.15) is 0 Å². The first-order chi connectivity index (χ1) is 12.0. The van der Waals surface area contributed by atoms with Gasteiger partial charge in [0.2, 0.25) is 0 Å². The van der Waals surface area contributed by atoms with E-state index in [4.69, 9.17) is 4.74 Å². The lowest BCUT2D eigenvalue weighted by molar-refractivity contribution is -0.160. The average molecular weight is 347 g/mol. The van der Waals surface area contributed by atoms with E-state index < -0.39 is 24.1 Å². The molecule has 2 atom stereocenters. The Hall–Kier alpha value is -2.57. The van der Waals surface area contributed by atoms with Gasteiger partial charge in [0.05, 0.1) is 0 Å². The number of carbonyl (C=O) groups is 3. The molecule has 0 spiro atoms. The third-order valence-electron chi connectivity index (χ3n) is 4.04. The summed E-state index contributed by atoms with van der Waals surface area (Å²) in [4.78, 5) is 38.0. The number of carbonyl (C=O) groups excluding carboxylic acids is 3. The number of hydrogen-bond donors (Lipinski definition) is 2. The molecule has 2 N–H and O–H groups in total. The number of rotatable bonds is 5. The second-order valence-electron chi connectivity index (χ2n) is 6.15. The first-order valence-electron chi connectivity index (χ1n) is 8.59. The van der Waals surface area contributed by atoms with E-state index in [-0.39, 0.29) is 5.91 Å². The van der Waals surface area contributed by atoms with Gasteiger partial charge in [-0.25, -0.2) is 9.59 Å². The summed E-state index contributed by atoms with van der Waals surface area (Å²) >= 11 is 0. The quantitative estimate of drug-likeness (QED) is 0.799. The van der Waals surface area contributed by atoms with Crippen molar-refractivity contribution in [1.82, 2.24) is 10.2 Å². The first kappa shape index (κ1) is 18.8. The molecule has 0 unspecified atom stereocenters. The highest BCUT2D eigenvalue weighted by Gasteiger charge is 2.27. The molecule has 1 aliphatic rings. The molecule has 7 nitrogen and oxygen atoms in total. The number of nitrogens with one attached hydrogen (secondary N) is 2. The molecule has 1 fully saturated rings. The van der Waals surface area contributed by atoms with Crippen molar-refractivity contribution in [3.05, 3.63) is 30.3 Å². The fourth-order valence-corrected chi connectivity index (χ4v) is 2.64. The van der Waals surface area contributed by atoms with Crippen LogP contribution in [0.15, 0.2) is 30.3 Å². The van der Waals surface area contributed by atoms with Crippen LogP contribution in [0.3, 0.4) is 0 Å². The smallest absolute Gasteiger partial charge is 0.329 e. The van der Waals surface area contributed by atoms with Gasteiger partial charge in [-0.05, 0) is 45.2 Å². The third kappa shape index (κ3) is 5.77. The lowest BCUT2D eigenvalue weighted by Gasteiger charge is -2.29. The normalized spacial score (nSPS) is 16.5. The molecule has 1 heterocycles. The molecular weight excluding hydrogens is 322 g/mol. The molecule has 0 saturated carbocycles. The highest BCUT2D eigenvalue weighted by Crippen LogP contribution is 2.11. The van der Waals surface area contributed by atoms with Crippen LogP contribution in [-0.4, -0.2) is 48.0 Å². The lowest BCUT2D eigenvalue weighted by Crippen LogP contribution is -2.46. The molecule has 0 aromatic heterocycles. The van der Waals surface area contributed by atoms with Crippen LogP contribution in [0.25, 0.3) is 0 Å². The molecule has 3 amide bonds.